The van der Waals surface area contributed by atoms with E-state index in [9.17, 15) is 32.3 Å². The zero-order valence-electron chi connectivity index (χ0n) is 20.4. The molecule has 13 heteroatoms. The molecule has 8 nitrogen and oxygen atoms in total. The molecule has 0 saturated heterocycles. The summed E-state index contributed by atoms with van der Waals surface area (Å²) < 4.78 is 62.2. The smallest absolute Gasteiger partial charge is 0.433 e. The van der Waals surface area contributed by atoms with Gasteiger partial charge in [0.15, 0.2) is 13.2 Å². The fraction of sp³-hybridized carbons (Fsp3) is 0.480. The Bertz CT molecular complexity index is 1190. The van der Waals surface area contributed by atoms with Gasteiger partial charge in [-0.25, -0.2) is 9.37 Å². The van der Waals surface area contributed by atoms with E-state index in [0.717, 1.165) is 24.4 Å². The van der Waals surface area contributed by atoms with Crippen LogP contribution in [-0.2, 0) is 15.8 Å². The Hall–Kier alpha value is -3.12. The molecule has 3 fully saturated rings. The Kier molecular flexibility index (Phi) is 7.76. The van der Waals surface area contributed by atoms with Crippen molar-refractivity contribution in [3.63, 3.8) is 0 Å². The summed E-state index contributed by atoms with van der Waals surface area (Å²) >= 11 is 5.64. The minimum atomic E-state index is -4.58. The van der Waals surface area contributed by atoms with Gasteiger partial charge in [0, 0.05) is 18.7 Å². The second-order valence-electron chi connectivity index (χ2n) is 9.63. The van der Waals surface area contributed by atoms with Crippen LogP contribution in [0.1, 0.15) is 37.8 Å². The summed E-state index contributed by atoms with van der Waals surface area (Å²) in [4.78, 5) is 30.1. The van der Waals surface area contributed by atoms with E-state index in [-0.39, 0.29) is 29.5 Å². The molecule has 3 aliphatic carbocycles. The van der Waals surface area contributed by atoms with E-state index < -0.39 is 53.3 Å². The summed E-state index contributed by atoms with van der Waals surface area (Å²) in [5.41, 5.74) is -2.59. The lowest BCUT2D eigenvalue weighted by Crippen LogP contribution is -2.70. The molecule has 2 amide bonds. The van der Waals surface area contributed by atoms with Crippen molar-refractivity contribution in [3.8, 4) is 11.5 Å². The number of rotatable bonds is 8. The first-order chi connectivity index (χ1) is 17.8. The van der Waals surface area contributed by atoms with Gasteiger partial charge in [-0.3, -0.25) is 9.59 Å². The highest BCUT2D eigenvalue weighted by Gasteiger charge is 2.57. The summed E-state index contributed by atoms with van der Waals surface area (Å²) in [6, 6.07) is 5.70. The van der Waals surface area contributed by atoms with E-state index in [0.29, 0.717) is 25.7 Å². The van der Waals surface area contributed by atoms with E-state index in [1.807, 2.05) is 0 Å². The van der Waals surface area contributed by atoms with E-state index in [1.165, 1.54) is 17.0 Å². The Labute approximate surface area is 220 Å². The summed E-state index contributed by atoms with van der Waals surface area (Å²) in [5.74, 6) is -1.38. The number of nitrogens with one attached hydrogen (secondary N) is 1. The molecule has 206 valence electrons. The minimum Gasteiger partial charge on any atom is -0.484 e. The van der Waals surface area contributed by atoms with Crippen molar-refractivity contribution in [1.82, 2.24) is 15.2 Å². The Morgan fingerprint density at radius 2 is 1.79 bits per heavy atom. The number of aliphatic hydroxyl groups excluding tert-OH is 1. The standard InChI is InChI=1S/C25H26ClF4N3O5/c1-33(22(36)14-38-16-3-5-19(31-12-16)25(28,29)30)24-8-6-23(7-9-24,11-20(24)34)32-21(35)13-37-15-2-4-17(26)18(27)10-15/h2-5,10,12,20,34H,6-9,11,13-14H2,1H3,(H,32,35)/t20-,23?,24?/m0/s1. The number of amides is 2. The quantitative estimate of drug-likeness (QED) is 0.478. The molecule has 0 spiro atoms. The van der Waals surface area contributed by atoms with Crippen molar-refractivity contribution < 1.29 is 41.7 Å². The van der Waals surface area contributed by atoms with E-state index in [4.69, 9.17) is 21.1 Å². The number of halogens is 5. The average molecular weight is 560 g/mol. The highest BCUT2D eigenvalue weighted by molar-refractivity contribution is 6.30. The molecule has 38 heavy (non-hydrogen) atoms. The molecular formula is C25H26ClF4N3O5. The first-order valence-electron chi connectivity index (χ1n) is 11.8. The zero-order chi connectivity index (χ0) is 27.7. The first kappa shape index (κ1) is 27.9. The number of likely N-dealkylation sites (N-methyl/N-ethyl adjacent to an activating group) is 1. The van der Waals surface area contributed by atoms with Gasteiger partial charge in [0.1, 0.15) is 23.0 Å². The monoisotopic (exact) mass is 559 g/mol. The number of carbonyl (C=O) groups is 2. The molecule has 0 unspecified atom stereocenters. The third kappa shape index (κ3) is 5.80. The molecule has 2 bridgehead atoms. The topological polar surface area (TPSA) is 101 Å². The first-order valence-corrected chi connectivity index (χ1v) is 12.2. The number of benzene rings is 1. The van der Waals surface area contributed by atoms with Crippen molar-refractivity contribution in [2.24, 2.45) is 0 Å². The van der Waals surface area contributed by atoms with E-state index in [1.54, 1.807) is 7.05 Å². The van der Waals surface area contributed by atoms with Crippen LogP contribution in [0.5, 0.6) is 11.5 Å². The normalized spacial score (nSPS) is 24.6. The van der Waals surface area contributed by atoms with Crippen LogP contribution in [0.2, 0.25) is 5.02 Å². The number of hydrogen-bond donors (Lipinski definition) is 2. The highest BCUT2D eigenvalue weighted by atomic mass is 35.5. The molecule has 2 aromatic rings. The van der Waals surface area contributed by atoms with Crippen LogP contribution in [0.3, 0.4) is 0 Å². The highest BCUT2D eigenvalue weighted by Crippen LogP contribution is 2.49. The number of hydrogen-bond acceptors (Lipinski definition) is 6. The molecule has 5 rings (SSSR count). The summed E-state index contributed by atoms with van der Waals surface area (Å²) in [6.45, 7) is -0.791. The molecule has 0 aliphatic heterocycles. The minimum absolute atomic E-state index is 0.00961. The van der Waals surface area contributed by atoms with Gasteiger partial charge in [-0.05, 0) is 56.4 Å². The van der Waals surface area contributed by atoms with Crippen molar-refractivity contribution >= 4 is 23.4 Å². The lowest BCUT2D eigenvalue weighted by Gasteiger charge is -2.59. The second-order valence-corrected chi connectivity index (χ2v) is 10.0. The molecule has 3 saturated carbocycles. The number of nitrogens with zero attached hydrogens (tertiary/aromatic N) is 2. The van der Waals surface area contributed by atoms with Crippen molar-refractivity contribution in [2.45, 2.75) is 55.5 Å². The Morgan fingerprint density at radius 3 is 2.37 bits per heavy atom. The van der Waals surface area contributed by atoms with Crippen molar-refractivity contribution in [2.75, 3.05) is 20.3 Å². The summed E-state index contributed by atoms with van der Waals surface area (Å²) in [6.07, 6.45) is -2.55. The molecule has 0 radical (unpaired) electrons. The van der Waals surface area contributed by atoms with E-state index in [2.05, 4.69) is 10.3 Å². The van der Waals surface area contributed by atoms with Crippen LogP contribution in [0.4, 0.5) is 17.6 Å². The second kappa shape index (κ2) is 10.6. The SMILES string of the molecule is CN(C(=O)COc1ccc(C(F)(F)F)nc1)C12CCC(NC(=O)COc3ccc(Cl)c(F)c3)(CC1)C[C@@H]2O. The maximum Gasteiger partial charge on any atom is 0.433 e. The Morgan fingerprint density at radius 1 is 1.13 bits per heavy atom. The fourth-order valence-electron chi connectivity index (χ4n) is 5.16. The number of fused-ring (bicyclic) bond motifs is 3. The number of aromatic nitrogens is 1. The lowest BCUT2D eigenvalue weighted by atomic mass is 9.59. The van der Waals surface area contributed by atoms with Crippen LogP contribution in [0, 0.1) is 5.82 Å². The summed E-state index contributed by atoms with van der Waals surface area (Å²) in [5, 5.41) is 13.9. The molecule has 3 aliphatic rings. The van der Waals surface area contributed by atoms with Gasteiger partial charge in [-0.2, -0.15) is 13.2 Å². The molecule has 2 N–H and O–H groups in total. The van der Waals surface area contributed by atoms with Gasteiger partial charge in [0.2, 0.25) is 0 Å². The van der Waals surface area contributed by atoms with Crippen molar-refractivity contribution in [1.29, 1.82) is 0 Å². The average Bonchev–Trinajstić information content (AvgIpc) is 2.87. The largest absolute Gasteiger partial charge is 0.484 e. The number of ether oxygens (including phenoxy) is 2. The van der Waals surface area contributed by atoms with Gasteiger partial charge >= 0.3 is 6.18 Å². The van der Waals surface area contributed by atoms with E-state index >= 15 is 0 Å². The summed E-state index contributed by atoms with van der Waals surface area (Å²) in [7, 11) is 1.55. The van der Waals surface area contributed by atoms with Crippen LogP contribution < -0.4 is 14.8 Å². The third-order valence-corrected chi connectivity index (χ3v) is 7.68. The lowest BCUT2D eigenvalue weighted by molar-refractivity contribution is -0.160. The molecular weight excluding hydrogens is 534 g/mol. The fourth-order valence-corrected chi connectivity index (χ4v) is 5.28. The van der Waals surface area contributed by atoms with Crippen LogP contribution in [-0.4, -0.2) is 64.2 Å². The molecule has 1 aromatic carbocycles. The van der Waals surface area contributed by atoms with Crippen LogP contribution in [0.15, 0.2) is 36.5 Å². The van der Waals surface area contributed by atoms with Crippen LogP contribution >= 0.6 is 11.6 Å². The maximum atomic E-state index is 13.6. The van der Waals surface area contributed by atoms with Gasteiger partial charge < -0.3 is 24.8 Å². The Balaban J connectivity index is 1.30. The third-order valence-electron chi connectivity index (χ3n) is 7.37. The molecule has 1 heterocycles. The van der Waals surface area contributed by atoms with Crippen molar-refractivity contribution in [3.05, 3.63) is 53.1 Å². The zero-order valence-corrected chi connectivity index (χ0v) is 21.1. The molecule has 1 aromatic heterocycles. The number of aliphatic hydroxyl groups is 1. The van der Waals surface area contributed by atoms with Gasteiger partial charge in [-0.15, -0.1) is 0 Å². The van der Waals surface area contributed by atoms with Gasteiger partial charge in [0.25, 0.3) is 11.8 Å². The molecule has 1 atom stereocenters. The predicted molar refractivity (Wildman–Crippen MR) is 127 cm³/mol. The van der Waals surface area contributed by atoms with Gasteiger partial charge in [-0.1, -0.05) is 11.6 Å². The number of carbonyl (C=O) groups excluding carboxylic acids is 2. The number of alkyl halides is 3. The maximum absolute atomic E-state index is 13.6. The van der Waals surface area contributed by atoms with Crippen LogP contribution in [0.25, 0.3) is 0 Å². The van der Waals surface area contributed by atoms with Gasteiger partial charge in [0.05, 0.1) is 22.9 Å². The predicted octanol–water partition coefficient (Wildman–Crippen LogP) is 3.74. The number of pyridine rings is 1.